The second-order valence-electron chi connectivity index (χ2n) is 24.7. The van der Waals surface area contributed by atoms with Crippen molar-refractivity contribution < 1.29 is 32.8 Å². The Bertz CT molecular complexity index is 960. The third-order valence-corrected chi connectivity index (χ3v) is 22.4. The van der Waals surface area contributed by atoms with E-state index in [4.69, 9.17) is 32.8 Å². The third kappa shape index (κ3) is 94.6. The lowest BCUT2D eigenvalue weighted by molar-refractivity contribution is 0.275. The quantitative estimate of drug-likeness (QED) is 0.0411. The van der Waals surface area contributed by atoms with Gasteiger partial charge in [0.05, 0.1) is 19.8 Å². The van der Waals surface area contributed by atoms with Crippen LogP contribution in [0.3, 0.4) is 0 Å². The summed E-state index contributed by atoms with van der Waals surface area (Å²) in [6.07, 6.45) is 83.7. The molecule has 0 bridgehead atoms. The number of hydrogen-bond acceptors (Lipinski definition) is 4. The number of rotatable bonds is 66. The number of phosphoric acid groups is 1. The van der Waals surface area contributed by atoms with Crippen LogP contribution in [0.15, 0.2) is 0 Å². The molecule has 0 aliphatic heterocycles. The largest absolute Gasteiger partial charge is 0.466 e. The Labute approximate surface area is 528 Å². The second-order valence-corrected chi connectivity index (χ2v) is 32.1. The SMILES string of the molecule is CCCCCCCCOP(CCCCCCCC)CCCCCCCC.CCCCCCCCOP(CCCCCCCC)CCCCCCCC.CCCCCCCCOP(CCCCCCCC)CCCCCCCC.O=P(O)(O)O. The highest BCUT2D eigenvalue weighted by molar-refractivity contribution is 7.53. The van der Waals surface area contributed by atoms with Gasteiger partial charge in [-0.25, -0.2) is 4.57 Å². The van der Waals surface area contributed by atoms with Crippen molar-refractivity contribution in [1.29, 1.82) is 0 Å². The van der Waals surface area contributed by atoms with E-state index in [0.717, 1.165) is 19.8 Å². The first-order valence-electron chi connectivity index (χ1n) is 37.5. The molecule has 0 aliphatic carbocycles. The second kappa shape index (κ2) is 83.3. The molecule has 83 heavy (non-hydrogen) atoms. The van der Waals surface area contributed by atoms with Crippen molar-refractivity contribution in [3.8, 4) is 0 Å². The predicted octanol–water partition coefficient (Wildman–Crippen LogP) is 27.5. The summed E-state index contributed by atoms with van der Waals surface area (Å²) in [6, 6.07) is 0. The fourth-order valence-electron chi connectivity index (χ4n) is 10.4. The molecule has 506 valence electrons. The molecule has 0 aromatic heterocycles. The molecule has 0 aromatic carbocycles. The fraction of sp³-hybridized carbons (Fsp3) is 1.00. The van der Waals surface area contributed by atoms with Crippen LogP contribution in [0.4, 0.5) is 0 Å². The van der Waals surface area contributed by atoms with Gasteiger partial charge >= 0.3 is 7.82 Å². The molecular formula is C72H156O7P4. The highest BCUT2D eigenvalue weighted by atomic mass is 31.2. The Morgan fingerprint density at radius 3 is 0.446 bits per heavy atom. The van der Waals surface area contributed by atoms with Gasteiger partial charge < -0.3 is 28.3 Å². The summed E-state index contributed by atoms with van der Waals surface area (Å²) >= 11 is 0. The van der Waals surface area contributed by atoms with Gasteiger partial charge in [0.25, 0.3) is 0 Å². The molecule has 3 N–H and O–H groups in total. The molecule has 7 nitrogen and oxygen atoms in total. The van der Waals surface area contributed by atoms with Crippen molar-refractivity contribution in [2.75, 3.05) is 56.8 Å². The first kappa shape index (κ1) is 90.7. The van der Waals surface area contributed by atoms with Gasteiger partial charge in [-0.05, 0) is 94.8 Å². The summed E-state index contributed by atoms with van der Waals surface area (Å²) < 4.78 is 28.0. The maximum Gasteiger partial charge on any atom is 0.466 e. The van der Waals surface area contributed by atoms with Crippen LogP contribution in [0.2, 0.25) is 0 Å². The minimum Gasteiger partial charge on any atom is -0.359 e. The Hall–Kier alpha value is 1.28. The molecule has 11 heteroatoms. The summed E-state index contributed by atoms with van der Waals surface area (Å²) in [5, 5.41) is 0. The predicted molar refractivity (Wildman–Crippen MR) is 382 cm³/mol. The van der Waals surface area contributed by atoms with Gasteiger partial charge in [-0.15, -0.1) is 0 Å². The minimum atomic E-state index is -4.64. The van der Waals surface area contributed by atoms with Gasteiger partial charge in [0.15, 0.2) is 0 Å². The van der Waals surface area contributed by atoms with Crippen LogP contribution < -0.4 is 0 Å². The van der Waals surface area contributed by atoms with Gasteiger partial charge in [0.1, 0.15) is 0 Å². The first-order chi connectivity index (χ1) is 40.5. The van der Waals surface area contributed by atoms with Gasteiger partial charge in [-0.3, -0.25) is 0 Å². The molecule has 0 heterocycles. The van der Waals surface area contributed by atoms with Crippen molar-refractivity contribution in [2.45, 2.75) is 409 Å². The smallest absolute Gasteiger partial charge is 0.359 e. The van der Waals surface area contributed by atoms with E-state index < -0.39 is 7.82 Å². The Balaban J connectivity index is -0.000000540. The van der Waals surface area contributed by atoms with Crippen LogP contribution in [0.5, 0.6) is 0 Å². The average molecular weight is 1260 g/mol. The molecule has 0 spiro atoms. The van der Waals surface area contributed by atoms with E-state index in [0.29, 0.717) is 0 Å². The van der Waals surface area contributed by atoms with Crippen LogP contribution >= 0.6 is 32.3 Å². The summed E-state index contributed by atoms with van der Waals surface area (Å²) in [5.41, 5.74) is 0. The van der Waals surface area contributed by atoms with Crippen molar-refractivity contribution in [3.05, 3.63) is 0 Å². The molecular weight excluding hydrogens is 1100 g/mol. The van der Waals surface area contributed by atoms with Crippen LogP contribution in [0.1, 0.15) is 409 Å². The maximum absolute atomic E-state index is 8.88. The normalized spacial score (nSPS) is 11.6. The zero-order valence-corrected chi connectivity index (χ0v) is 61.9. The Kier molecular flexibility index (Phi) is 91.0. The maximum atomic E-state index is 8.88. The fourth-order valence-corrected chi connectivity index (χ4v) is 16.4. The van der Waals surface area contributed by atoms with Crippen molar-refractivity contribution >= 4 is 32.3 Å². The van der Waals surface area contributed by atoms with E-state index >= 15 is 0 Å². The molecule has 0 amide bonds. The molecule has 0 unspecified atom stereocenters. The highest BCUT2D eigenvalue weighted by Gasteiger charge is 2.12. The van der Waals surface area contributed by atoms with Crippen molar-refractivity contribution in [1.82, 2.24) is 0 Å². The summed E-state index contributed by atoms with van der Waals surface area (Å²) in [6.45, 7) is 23.8. The minimum absolute atomic E-state index is 0.137. The molecule has 0 saturated heterocycles. The molecule has 0 atom stereocenters. The third-order valence-electron chi connectivity index (χ3n) is 15.9. The van der Waals surface area contributed by atoms with Crippen LogP contribution in [0.25, 0.3) is 0 Å². The van der Waals surface area contributed by atoms with Gasteiger partial charge in [0.2, 0.25) is 0 Å². The van der Waals surface area contributed by atoms with Gasteiger partial charge in [-0.2, -0.15) is 0 Å². The summed E-state index contributed by atoms with van der Waals surface area (Å²) in [5.74, 6) is 0. The van der Waals surface area contributed by atoms with Crippen molar-refractivity contribution in [3.63, 3.8) is 0 Å². The van der Waals surface area contributed by atoms with E-state index in [2.05, 4.69) is 62.3 Å². The topological polar surface area (TPSA) is 105 Å². The lowest BCUT2D eigenvalue weighted by atomic mass is 10.1. The highest BCUT2D eigenvalue weighted by Crippen LogP contribution is 2.42. The van der Waals surface area contributed by atoms with Crippen molar-refractivity contribution in [2.24, 2.45) is 0 Å². The first-order valence-corrected chi connectivity index (χ1v) is 43.9. The zero-order valence-electron chi connectivity index (χ0n) is 58.3. The summed E-state index contributed by atoms with van der Waals surface area (Å²) in [4.78, 5) is 21.6. The number of hydrogen-bond donors (Lipinski definition) is 3. The molecule has 0 aromatic rings. The van der Waals surface area contributed by atoms with Gasteiger partial charge in [0, 0.05) is 24.4 Å². The number of unbranched alkanes of at least 4 members (excludes halogenated alkanes) is 45. The van der Waals surface area contributed by atoms with E-state index in [-0.39, 0.29) is 24.4 Å². The van der Waals surface area contributed by atoms with Crippen LogP contribution in [-0.2, 0) is 18.1 Å². The Morgan fingerprint density at radius 1 is 0.205 bits per heavy atom. The van der Waals surface area contributed by atoms with E-state index in [1.807, 2.05) is 0 Å². The molecule has 0 saturated carbocycles. The average Bonchev–Trinajstić information content (AvgIpc) is 3.47. The summed E-state index contributed by atoms with van der Waals surface area (Å²) in [7, 11) is -5.05. The lowest BCUT2D eigenvalue weighted by Gasteiger charge is -2.18. The molecule has 0 radical (unpaired) electrons. The zero-order chi connectivity index (χ0) is 61.9. The molecule has 0 fully saturated rings. The van der Waals surface area contributed by atoms with E-state index in [9.17, 15) is 0 Å². The van der Waals surface area contributed by atoms with Gasteiger partial charge in [-0.1, -0.05) is 351 Å². The standard InChI is InChI=1S/3C24H51OP.H3O4P/c3*1-4-7-10-13-16-19-22-25-26(23-20-17-14-11-8-5-2)24-21-18-15-12-9-6-3;1-5(2,3)4/h3*4-24H2,1-3H3;(H3,1,2,3,4). The molecule has 0 aliphatic rings. The van der Waals surface area contributed by atoms with E-state index in [1.54, 1.807) is 0 Å². The lowest BCUT2D eigenvalue weighted by Crippen LogP contribution is -1.98. The van der Waals surface area contributed by atoms with E-state index in [1.165, 1.54) is 384 Å². The monoisotopic (exact) mass is 1260 g/mol. The van der Waals surface area contributed by atoms with Crippen LogP contribution in [0, 0.1) is 0 Å². The Morgan fingerprint density at radius 2 is 0.313 bits per heavy atom. The van der Waals surface area contributed by atoms with Crippen LogP contribution in [-0.4, -0.2) is 71.5 Å². The molecule has 0 rings (SSSR count).